The molecule has 0 atom stereocenters. The predicted octanol–water partition coefficient (Wildman–Crippen LogP) is 2.32. The molecule has 1 aliphatic carbocycles. The Kier molecular flexibility index (Phi) is 5.44. The van der Waals surface area contributed by atoms with Crippen molar-refractivity contribution in [1.82, 2.24) is 10.6 Å². The van der Waals surface area contributed by atoms with Crippen LogP contribution in [0.3, 0.4) is 0 Å². The van der Waals surface area contributed by atoms with Crippen LogP contribution in [0.5, 0.6) is 0 Å². The van der Waals surface area contributed by atoms with Gasteiger partial charge in [0.1, 0.15) is 0 Å². The van der Waals surface area contributed by atoms with Crippen molar-refractivity contribution in [2.24, 2.45) is 11.3 Å². The van der Waals surface area contributed by atoms with Gasteiger partial charge in [-0.15, -0.1) is 0 Å². The molecule has 0 aromatic heterocycles. The minimum absolute atomic E-state index is 0.116. The molecule has 0 bridgehead atoms. The molecule has 1 aliphatic rings. The maximum atomic E-state index is 11.6. The highest BCUT2D eigenvalue weighted by Crippen LogP contribution is 2.38. The van der Waals surface area contributed by atoms with Crippen molar-refractivity contribution in [2.75, 3.05) is 13.1 Å². The van der Waals surface area contributed by atoms with Crippen molar-refractivity contribution >= 4 is 5.91 Å². The quantitative estimate of drug-likeness (QED) is 0.748. The molecule has 0 heterocycles. The maximum absolute atomic E-state index is 11.6. The fourth-order valence-corrected chi connectivity index (χ4v) is 2.54. The number of hydrogen-bond donors (Lipinski definition) is 2. The molecule has 0 unspecified atom stereocenters. The SMILES string of the molecule is CC(C)NCC(=O)NCC(C)(C)C1CCCC1. The number of hydrogen-bond acceptors (Lipinski definition) is 2. The fourth-order valence-electron chi connectivity index (χ4n) is 2.54. The first-order valence-corrected chi connectivity index (χ1v) is 6.92. The summed E-state index contributed by atoms with van der Waals surface area (Å²) in [5, 5.41) is 6.19. The van der Waals surface area contributed by atoms with Crippen LogP contribution in [0, 0.1) is 11.3 Å². The average Bonchev–Trinajstić information content (AvgIpc) is 2.77. The van der Waals surface area contributed by atoms with E-state index in [4.69, 9.17) is 0 Å². The molecule has 0 aromatic rings. The Labute approximate surface area is 106 Å². The van der Waals surface area contributed by atoms with Crippen LogP contribution in [-0.2, 0) is 4.79 Å². The number of amides is 1. The van der Waals surface area contributed by atoms with E-state index in [1.807, 2.05) is 0 Å². The normalized spacial score (nSPS) is 17.7. The Balaban J connectivity index is 2.26. The Hall–Kier alpha value is -0.570. The minimum atomic E-state index is 0.116. The third-order valence-corrected chi connectivity index (χ3v) is 3.87. The van der Waals surface area contributed by atoms with Crippen molar-refractivity contribution in [1.29, 1.82) is 0 Å². The van der Waals surface area contributed by atoms with Gasteiger partial charge in [0, 0.05) is 12.6 Å². The summed E-state index contributed by atoms with van der Waals surface area (Å²) in [7, 11) is 0. The highest BCUT2D eigenvalue weighted by atomic mass is 16.1. The molecule has 0 saturated heterocycles. The molecular formula is C14H28N2O. The van der Waals surface area contributed by atoms with Gasteiger partial charge in [0.2, 0.25) is 5.91 Å². The van der Waals surface area contributed by atoms with E-state index in [0.717, 1.165) is 12.5 Å². The van der Waals surface area contributed by atoms with Crippen LogP contribution in [0.15, 0.2) is 0 Å². The summed E-state index contributed by atoms with van der Waals surface area (Å²) in [6.45, 7) is 9.89. The molecule has 0 radical (unpaired) electrons. The van der Waals surface area contributed by atoms with Gasteiger partial charge in [-0.2, -0.15) is 0 Å². The molecular weight excluding hydrogens is 212 g/mol. The Morgan fingerprint density at radius 2 is 1.88 bits per heavy atom. The van der Waals surface area contributed by atoms with Crippen LogP contribution in [0.1, 0.15) is 53.4 Å². The van der Waals surface area contributed by atoms with E-state index >= 15 is 0 Å². The van der Waals surface area contributed by atoms with Crippen molar-refractivity contribution in [3.05, 3.63) is 0 Å². The lowest BCUT2D eigenvalue weighted by Gasteiger charge is -2.31. The molecule has 1 rings (SSSR count). The van der Waals surface area contributed by atoms with Crippen molar-refractivity contribution in [3.8, 4) is 0 Å². The second-order valence-corrected chi connectivity index (χ2v) is 6.28. The zero-order valence-electron chi connectivity index (χ0n) is 11.8. The highest BCUT2D eigenvalue weighted by molar-refractivity contribution is 5.78. The van der Waals surface area contributed by atoms with E-state index in [1.54, 1.807) is 0 Å². The van der Waals surface area contributed by atoms with E-state index in [-0.39, 0.29) is 11.3 Å². The van der Waals surface area contributed by atoms with Crippen LogP contribution in [-0.4, -0.2) is 25.0 Å². The van der Waals surface area contributed by atoms with Gasteiger partial charge in [0.25, 0.3) is 0 Å². The maximum Gasteiger partial charge on any atom is 0.233 e. The molecule has 1 amide bonds. The van der Waals surface area contributed by atoms with E-state index < -0.39 is 0 Å². The summed E-state index contributed by atoms with van der Waals surface area (Å²) < 4.78 is 0. The van der Waals surface area contributed by atoms with Gasteiger partial charge in [0.15, 0.2) is 0 Å². The molecule has 1 saturated carbocycles. The van der Waals surface area contributed by atoms with Crippen molar-refractivity contribution in [2.45, 2.75) is 59.4 Å². The molecule has 2 N–H and O–H groups in total. The molecule has 0 aromatic carbocycles. The van der Waals surface area contributed by atoms with Gasteiger partial charge in [-0.05, 0) is 24.2 Å². The van der Waals surface area contributed by atoms with E-state index in [9.17, 15) is 4.79 Å². The molecule has 3 nitrogen and oxygen atoms in total. The predicted molar refractivity (Wildman–Crippen MR) is 71.9 cm³/mol. The second kappa shape index (κ2) is 6.39. The lowest BCUT2D eigenvalue weighted by Crippen LogP contribution is -2.42. The van der Waals surface area contributed by atoms with Gasteiger partial charge in [-0.1, -0.05) is 40.5 Å². The first-order valence-electron chi connectivity index (χ1n) is 6.92. The summed E-state index contributed by atoms with van der Waals surface area (Å²) in [6, 6.07) is 0.364. The molecule has 3 heteroatoms. The lowest BCUT2D eigenvalue weighted by atomic mass is 9.78. The summed E-state index contributed by atoms with van der Waals surface area (Å²) in [5.74, 6) is 0.894. The van der Waals surface area contributed by atoms with E-state index in [2.05, 4.69) is 38.3 Å². The smallest absolute Gasteiger partial charge is 0.233 e. The van der Waals surface area contributed by atoms with Gasteiger partial charge in [0.05, 0.1) is 6.54 Å². The topological polar surface area (TPSA) is 41.1 Å². The summed E-state index contributed by atoms with van der Waals surface area (Å²) in [4.78, 5) is 11.6. The number of rotatable bonds is 6. The molecule has 0 aliphatic heterocycles. The van der Waals surface area contributed by atoms with Crippen LogP contribution in [0.4, 0.5) is 0 Å². The summed E-state index contributed by atoms with van der Waals surface area (Å²) >= 11 is 0. The molecule has 1 fully saturated rings. The zero-order valence-corrected chi connectivity index (χ0v) is 11.8. The van der Waals surface area contributed by atoms with Crippen LogP contribution < -0.4 is 10.6 Å². The molecule has 0 spiro atoms. The number of carbonyl (C=O) groups excluding carboxylic acids is 1. The third-order valence-electron chi connectivity index (χ3n) is 3.87. The van der Waals surface area contributed by atoms with E-state index in [0.29, 0.717) is 12.6 Å². The van der Waals surface area contributed by atoms with E-state index in [1.165, 1.54) is 25.7 Å². The zero-order chi connectivity index (χ0) is 12.9. The second-order valence-electron chi connectivity index (χ2n) is 6.28. The Morgan fingerprint density at radius 3 is 2.41 bits per heavy atom. The largest absolute Gasteiger partial charge is 0.354 e. The van der Waals surface area contributed by atoms with Crippen LogP contribution in [0.25, 0.3) is 0 Å². The highest BCUT2D eigenvalue weighted by Gasteiger charge is 2.31. The van der Waals surface area contributed by atoms with Gasteiger partial charge < -0.3 is 10.6 Å². The molecule has 17 heavy (non-hydrogen) atoms. The molecule has 100 valence electrons. The Bertz CT molecular complexity index is 243. The summed E-state index contributed by atoms with van der Waals surface area (Å²) in [6.07, 6.45) is 5.37. The standard InChI is InChI=1S/C14H28N2O/c1-11(2)15-9-13(17)16-10-14(3,4)12-7-5-6-8-12/h11-12,15H,5-10H2,1-4H3,(H,16,17). The third kappa shape index (κ3) is 5.07. The van der Waals surface area contributed by atoms with Crippen LogP contribution in [0.2, 0.25) is 0 Å². The van der Waals surface area contributed by atoms with Gasteiger partial charge >= 0.3 is 0 Å². The van der Waals surface area contributed by atoms with Crippen molar-refractivity contribution in [3.63, 3.8) is 0 Å². The fraction of sp³-hybridized carbons (Fsp3) is 0.929. The lowest BCUT2D eigenvalue weighted by molar-refractivity contribution is -0.120. The monoisotopic (exact) mass is 240 g/mol. The average molecular weight is 240 g/mol. The van der Waals surface area contributed by atoms with Gasteiger partial charge in [-0.25, -0.2) is 0 Å². The van der Waals surface area contributed by atoms with Crippen molar-refractivity contribution < 1.29 is 4.79 Å². The first-order chi connectivity index (χ1) is 7.92. The number of nitrogens with one attached hydrogen (secondary N) is 2. The number of carbonyl (C=O) groups is 1. The first kappa shape index (κ1) is 14.5. The minimum Gasteiger partial charge on any atom is -0.354 e. The Morgan fingerprint density at radius 1 is 1.29 bits per heavy atom. The van der Waals surface area contributed by atoms with Crippen LogP contribution >= 0.6 is 0 Å². The van der Waals surface area contributed by atoms with Gasteiger partial charge in [-0.3, -0.25) is 4.79 Å². The summed E-state index contributed by atoms with van der Waals surface area (Å²) in [5.41, 5.74) is 0.240.